The second kappa shape index (κ2) is 4.61. The van der Waals surface area contributed by atoms with Crippen molar-refractivity contribution >= 4 is 5.57 Å². The van der Waals surface area contributed by atoms with E-state index >= 15 is 0 Å². The monoisotopic (exact) mass is 236 g/mol. The summed E-state index contributed by atoms with van der Waals surface area (Å²) in [6.07, 6.45) is 10.6. The van der Waals surface area contributed by atoms with Crippen molar-refractivity contribution in [3.8, 4) is 0 Å². The van der Waals surface area contributed by atoms with Gasteiger partial charge in [-0.25, -0.2) is 0 Å². The van der Waals surface area contributed by atoms with Crippen molar-refractivity contribution < 1.29 is 0 Å². The van der Waals surface area contributed by atoms with Crippen molar-refractivity contribution in [1.82, 2.24) is 0 Å². The third-order valence-corrected chi connectivity index (χ3v) is 4.36. The third kappa shape index (κ3) is 1.77. The molecule has 0 aliphatic heterocycles. The molecule has 0 aromatic heterocycles. The molecule has 2 aliphatic rings. The number of benzene rings is 1. The maximum atomic E-state index is 2.33. The van der Waals surface area contributed by atoms with Crippen LogP contribution in [-0.4, -0.2) is 0 Å². The molecular formula is C18H20. The summed E-state index contributed by atoms with van der Waals surface area (Å²) < 4.78 is 0. The molecule has 0 nitrogen and oxygen atoms in total. The second-order valence-electron chi connectivity index (χ2n) is 5.33. The van der Waals surface area contributed by atoms with E-state index < -0.39 is 0 Å². The van der Waals surface area contributed by atoms with Gasteiger partial charge in [0, 0.05) is 5.92 Å². The molecule has 0 N–H and O–H groups in total. The molecule has 0 bridgehead atoms. The van der Waals surface area contributed by atoms with Gasteiger partial charge in [0.2, 0.25) is 0 Å². The summed E-state index contributed by atoms with van der Waals surface area (Å²) in [5, 5.41) is 0. The Bertz CT molecular complexity index is 555. The van der Waals surface area contributed by atoms with E-state index in [0.717, 1.165) is 0 Å². The molecule has 92 valence electrons. The summed E-state index contributed by atoms with van der Waals surface area (Å²) in [6.45, 7) is 4.42. The Morgan fingerprint density at radius 3 is 2.94 bits per heavy atom. The number of fused-ring (bicyclic) bond motifs is 2. The zero-order valence-electron chi connectivity index (χ0n) is 11.2. The molecule has 1 atom stereocenters. The Balaban J connectivity index is 2.16. The summed E-state index contributed by atoms with van der Waals surface area (Å²) >= 11 is 0. The van der Waals surface area contributed by atoms with Crippen LogP contribution in [0.4, 0.5) is 0 Å². The molecule has 2 aliphatic carbocycles. The number of hydrogen-bond acceptors (Lipinski definition) is 0. The van der Waals surface area contributed by atoms with Gasteiger partial charge in [-0.15, -0.1) is 0 Å². The fourth-order valence-electron chi connectivity index (χ4n) is 3.21. The van der Waals surface area contributed by atoms with E-state index in [1.807, 2.05) is 0 Å². The molecule has 1 aromatic rings. The smallest absolute Gasteiger partial charge is 0.00889 e. The number of rotatable bonds is 1. The lowest BCUT2D eigenvalue weighted by atomic mass is 9.73. The minimum absolute atomic E-state index is 0.594. The van der Waals surface area contributed by atoms with Crippen LogP contribution in [0.3, 0.4) is 0 Å². The molecule has 0 radical (unpaired) electrons. The highest BCUT2D eigenvalue weighted by molar-refractivity contribution is 5.82. The van der Waals surface area contributed by atoms with Gasteiger partial charge < -0.3 is 0 Å². The first-order valence-electron chi connectivity index (χ1n) is 6.92. The first-order valence-corrected chi connectivity index (χ1v) is 6.92. The fraction of sp³-hybridized carbons (Fsp3) is 0.333. The van der Waals surface area contributed by atoms with Gasteiger partial charge in [0.05, 0.1) is 0 Å². The molecule has 0 saturated carbocycles. The zero-order valence-corrected chi connectivity index (χ0v) is 11.2. The Morgan fingerprint density at radius 2 is 2.11 bits per heavy atom. The third-order valence-electron chi connectivity index (χ3n) is 4.36. The Morgan fingerprint density at radius 1 is 1.28 bits per heavy atom. The van der Waals surface area contributed by atoms with Crippen molar-refractivity contribution in [2.75, 3.05) is 0 Å². The molecule has 3 rings (SSSR count). The van der Waals surface area contributed by atoms with Gasteiger partial charge in [-0.1, -0.05) is 53.6 Å². The van der Waals surface area contributed by atoms with E-state index in [4.69, 9.17) is 0 Å². The molecule has 0 amide bonds. The van der Waals surface area contributed by atoms with Gasteiger partial charge >= 0.3 is 0 Å². The van der Waals surface area contributed by atoms with Crippen molar-refractivity contribution in [1.29, 1.82) is 0 Å². The predicted octanol–water partition coefficient (Wildman–Crippen LogP) is 5.24. The fourth-order valence-corrected chi connectivity index (χ4v) is 3.21. The second-order valence-corrected chi connectivity index (χ2v) is 5.33. The van der Waals surface area contributed by atoms with E-state index in [-0.39, 0.29) is 0 Å². The lowest BCUT2D eigenvalue weighted by molar-refractivity contribution is 0.724. The van der Waals surface area contributed by atoms with E-state index in [2.05, 4.69) is 56.3 Å². The molecular weight excluding hydrogens is 216 g/mol. The maximum absolute atomic E-state index is 2.33. The van der Waals surface area contributed by atoms with Crippen molar-refractivity contribution in [2.45, 2.75) is 39.0 Å². The molecule has 0 spiro atoms. The summed E-state index contributed by atoms with van der Waals surface area (Å²) in [5.41, 5.74) is 7.63. The maximum Gasteiger partial charge on any atom is 0.00889 e. The summed E-state index contributed by atoms with van der Waals surface area (Å²) in [6, 6.07) is 8.93. The van der Waals surface area contributed by atoms with Gasteiger partial charge in [-0.05, 0) is 49.8 Å². The van der Waals surface area contributed by atoms with Crippen LogP contribution >= 0.6 is 0 Å². The van der Waals surface area contributed by atoms with Crippen molar-refractivity contribution in [2.24, 2.45) is 0 Å². The first kappa shape index (κ1) is 11.5. The van der Waals surface area contributed by atoms with E-state index in [1.165, 1.54) is 41.5 Å². The van der Waals surface area contributed by atoms with Gasteiger partial charge in [0.15, 0.2) is 0 Å². The minimum Gasteiger partial charge on any atom is -0.0881 e. The van der Waals surface area contributed by atoms with Crippen LogP contribution in [0.1, 0.15) is 50.2 Å². The normalized spacial score (nSPS) is 22.8. The molecule has 0 heterocycles. The minimum atomic E-state index is 0.594. The molecule has 1 unspecified atom stereocenters. The molecule has 1 aromatic carbocycles. The van der Waals surface area contributed by atoms with Crippen LogP contribution in [0.15, 0.2) is 53.6 Å². The van der Waals surface area contributed by atoms with Crippen LogP contribution in [0.25, 0.3) is 5.57 Å². The van der Waals surface area contributed by atoms with Gasteiger partial charge in [0.25, 0.3) is 0 Å². The highest BCUT2D eigenvalue weighted by Crippen LogP contribution is 2.45. The van der Waals surface area contributed by atoms with E-state index in [0.29, 0.717) is 5.92 Å². The number of hydrogen-bond donors (Lipinski definition) is 0. The van der Waals surface area contributed by atoms with Gasteiger partial charge in [-0.2, -0.15) is 0 Å². The largest absolute Gasteiger partial charge is 0.0881 e. The Kier molecular flexibility index (Phi) is 2.95. The highest BCUT2D eigenvalue weighted by atomic mass is 14.3. The molecule has 0 fully saturated rings. The topological polar surface area (TPSA) is 0 Å². The van der Waals surface area contributed by atoms with Crippen LogP contribution < -0.4 is 0 Å². The van der Waals surface area contributed by atoms with E-state index in [9.17, 15) is 0 Å². The first-order chi connectivity index (χ1) is 8.81. The van der Waals surface area contributed by atoms with Crippen LogP contribution in [0, 0.1) is 0 Å². The van der Waals surface area contributed by atoms with Gasteiger partial charge in [0.1, 0.15) is 0 Å². The van der Waals surface area contributed by atoms with Gasteiger partial charge in [-0.3, -0.25) is 0 Å². The SMILES string of the molecule is C/C=C(\C)C1CC2=C(C=CCC2)c2ccccc21. The average molecular weight is 236 g/mol. The quantitative estimate of drug-likeness (QED) is 0.585. The predicted molar refractivity (Wildman–Crippen MR) is 78.5 cm³/mol. The summed E-state index contributed by atoms with van der Waals surface area (Å²) in [4.78, 5) is 0. The van der Waals surface area contributed by atoms with E-state index in [1.54, 1.807) is 5.57 Å². The summed E-state index contributed by atoms with van der Waals surface area (Å²) in [7, 11) is 0. The molecule has 0 heteroatoms. The lowest BCUT2D eigenvalue weighted by Crippen LogP contribution is -2.13. The molecule has 18 heavy (non-hydrogen) atoms. The Labute approximate surface area is 110 Å². The highest BCUT2D eigenvalue weighted by Gasteiger charge is 2.26. The Hall–Kier alpha value is -1.56. The average Bonchev–Trinajstić information content (AvgIpc) is 2.45. The van der Waals surface area contributed by atoms with Crippen molar-refractivity contribution in [3.63, 3.8) is 0 Å². The number of allylic oxidation sites excluding steroid dienone is 6. The van der Waals surface area contributed by atoms with Crippen molar-refractivity contribution in [3.05, 3.63) is 64.8 Å². The van der Waals surface area contributed by atoms with Crippen LogP contribution in [0.5, 0.6) is 0 Å². The summed E-state index contributed by atoms with van der Waals surface area (Å²) in [5.74, 6) is 0.594. The molecule has 0 saturated heterocycles. The van der Waals surface area contributed by atoms with Crippen LogP contribution in [0.2, 0.25) is 0 Å². The zero-order chi connectivity index (χ0) is 12.5. The lowest BCUT2D eigenvalue weighted by Gasteiger charge is -2.31. The standard InChI is InChI=1S/C18H20/c1-3-13(2)18-12-14-8-4-5-9-15(14)16-10-6-7-11-17(16)18/h3,5-7,9-11,18H,4,8,12H2,1-2H3/b13-3+. The van der Waals surface area contributed by atoms with Crippen LogP contribution in [-0.2, 0) is 0 Å².